The van der Waals surface area contributed by atoms with Crippen molar-refractivity contribution in [2.75, 3.05) is 6.54 Å². The van der Waals surface area contributed by atoms with E-state index >= 15 is 0 Å². The van der Waals surface area contributed by atoms with Crippen molar-refractivity contribution < 1.29 is 4.79 Å². The molecule has 1 unspecified atom stereocenters. The molecule has 0 saturated carbocycles. The second-order valence-electron chi connectivity index (χ2n) is 5.02. The maximum Gasteiger partial charge on any atom is 0.240 e. The van der Waals surface area contributed by atoms with Gasteiger partial charge in [0.05, 0.1) is 0 Å². The van der Waals surface area contributed by atoms with Crippen molar-refractivity contribution in [1.29, 1.82) is 0 Å². The Kier molecular flexibility index (Phi) is 5.92. The minimum absolute atomic E-state index is 0.0568. The van der Waals surface area contributed by atoms with Crippen molar-refractivity contribution in [3.63, 3.8) is 0 Å². The van der Waals surface area contributed by atoms with Crippen LogP contribution in [-0.2, 0) is 11.3 Å². The molecule has 0 bridgehead atoms. The van der Waals surface area contributed by atoms with Crippen LogP contribution in [0.25, 0.3) is 0 Å². The zero-order chi connectivity index (χ0) is 13.5. The molecule has 1 amide bonds. The largest absolute Gasteiger partial charge is 0.352 e. The average Bonchev–Trinajstić information content (AvgIpc) is 2.73. The first-order valence-corrected chi connectivity index (χ1v) is 6.71. The number of aromatic nitrogens is 1. The third-order valence-electron chi connectivity index (χ3n) is 2.75. The summed E-state index contributed by atoms with van der Waals surface area (Å²) in [6, 6.07) is 2.59. The van der Waals surface area contributed by atoms with E-state index in [0.29, 0.717) is 12.6 Å². The summed E-state index contributed by atoms with van der Waals surface area (Å²) in [4.78, 5) is 11.6. The van der Waals surface area contributed by atoms with E-state index in [2.05, 4.69) is 30.5 Å². The van der Waals surface area contributed by atoms with E-state index < -0.39 is 0 Å². The van der Waals surface area contributed by atoms with Gasteiger partial charge in [0.2, 0.25) is 5.91 Å². The second-order valence-corrected chi connectivity index (χ2v) is 5.02. The molecule has 0 fully saturated rings. The van der Waals surface area contributed by atoms with Crippen LogP contribution in [0.5, 0.6) is 0 Å². The molecule has 1 rings (SSSR count). The summed E-state index contributed by atoms with van der Waals surface area (Å²) in [5.41, 5.74) is 1.22. The molecular formula is C14H25N3O. The zero-order valence-corrected chi connectivity index (χ0v) is 11.9. The highest BCUT2D eigenvalue weighted by molar-refractivity contribution is 5.75. The Morgan fingerprint density at radius 2 is 2.11 bits per heavy atom. The van der Waals surface area contributed by atoms with Crippen LogP contribution in [0.3, 0.4) is 0 Å². The molecule has 0 aliphatic carbocycles. The van der Waals surface area contributed by atoms with Gasteiger partial charge in [-0.05, 0) is 45.4 Å². The molecular weight excluding hydrogens is 226 g/mol. The number of nitrogens with one attached hydrogen (secondary N) is 2. The molecule has 1 aromatic rings. The van der Waals surface area contributed by atoms with Crippen molar-refractivity contribution in [2.24, 2.45) is 0 Å². The predicted octanol–water partition coefficient (Wildman–Crippen LogP) is 2.07. The molecule has 1 atom stereocenters. The Balaban J connectivity index is 2.50. The molecule has 1 heterocycles. The monoisotopic (exact) mass is 251 g/mol. The summed E-state index contributed by atoms with van der Waals surface area (Å²) in [6.45, 7) is 9.63. The van der Waals surface area contributed by atoms with Crippen molar-refractivity contribution in [2.45, 2.75) is 52.7 Å². The fourth-order valence-electron chi connectivity index (χ4n) is 1.83. The van der Waals surface area contributed by atoms with Gasteiger partial charge < -0.3 is 15.2 Å². The first-order chi connectivity index (χ1) is 8.52. The normalized spacial score (nSPS) is 12.7. The SMILES string of the molecule is CCCNC(C)c1ccn(CC(=O)NC(C)C)c1. The van der Waals surface area contributed by atoms with E-state index in [9.17, 15) is 4.79 Å². The van der Waals surface area contributed by atoms with Gasteiger partial charge in [0, 0.05) is 24.5 Å². The van der Waals surface area contributed by atoms with Gasteiger partial charge in [-0.25, -0.2) is 0 Å². The van der Waals surface area contributed by atoms with E-state index in [1.54, 1.807) is 0 Å². The Bertz CT molecular complexity index is 371. The lowest BCUT2D eigenvalue weighted by molar-refractivity contribution is -0.122. The minimum atomic E-state index is 0.0568. The highest BCUT2D eigenvalue weighted by Crippen LogP contribution is 2.12. The summed E-state index contributed by atoms with van der Waals surface area (Å²) in [6.07, 6.45) is 5.12. The van der Waals surface area contributed by atoms with Gasteiger partial charge in [-0.3, -0.25) is 4.79 Å². The molecule has 2 N–H and O–H groups in total. The van der Waals surface area contributed by atoms with Gasteiger partial charge in [0.25, 0.3) is 0 Å². The lowest BCUT2D eigenvalue weighted by atomic mass is 10.2. The number of nitrogens with zero attached hydrogens (tertiary/aromatic N) is 1. The molecule has 0 aliphatic heterocycles. The maximum absolute atomic E-state index is 11.6. The van der Waals surface area contributed by atoms with Gasteiger partial charge in [-0.15, -0.1) is 0 Å². The molecule has 18 heavy (non-hydrogen) atoms. The second kappa shape index (κ2) is 7.21. The molecule has 0 aromatic carbocycles. The van der Waals surface area contributed by atoms with Crippen LogP contribution in [0, 0.1) is 0 Å². The van der Waals surface area contributed by atoms with Crippen LogP contribution in [0.1, 0.15) is 45.7 Å². The van der Waals surface area contributed by atoms with E-state index in [1.165, 1.54) is 5.56 Å². The first kappa shape index (κ1) is 14.8. The van der Waals surface area contributed by atoms with Crippen LogP contribution in [-0.4, -0.2) is 23.1 Å². The quantitative estimate of drug-likeness (QED) is 0.779. The van der Waals surface area contributed by atoms with E-state index in [-0.39, 0.29) is 11.9 Å². The van der Waals surface area contributed by atoms with Gasteiger partial charge in [0.1, 0.15) is 6.54 Å². The number of hydrogen-bond acceptors (Lipinski definition) is 2. The van der Waals surface area contributed by atoms with Crippen molar-refractivity contribution >= 4 is 5.91 Å². The summed E-state index contributed by atoms with van der Waals surface area (Å²) in [5, 5.41) is 6.32. The topological polar surface area (TPSA) is 46.1 Å². The third kappa shape index (κ3) is 4.92. The number of rotatable bonds is 7. The van der Waals surface area contributed by atoms with Gasteiger partial charge in [-0.1, -0.05) is 6.92 Å². The molecule has 0 radical (unpaired) electrons. The lowest BCUT2D eigenvalue weighted by Gasteiger charge is -2.11. The van der Waals surface area contributed by atoms with Gasteiger partial charge >= 0.3 is 0 Å². The number of amides is 1. The van der Waals surface area contributed by atoms with Gasteiger partial charge in [0.15, 0.2) is 0 Å². The number of hydrogen-bond donors (Lipinski definition) is 2. The first-order valence-electron chi connectivity index (χ1n) is 6.71. The summed E-state index contributed by atoms with van der Waals surface area (Å²) in [5.74, 6) is 0.0568. The van der Waals surface area contributed by atoms with E-state index in [4.69, 9.17) is 0 Å². The van der Waals surface area contributed by atoms with E-state index in [1.807, 2.05) is 30.8 Å². The van der Waals surface area contributed by atoms with Crippen LogP contribution in [0.2, 0.25) is 0 Å². The Labute approximate surface area is 110 Å². The Morgan fingerprint density at radius 1 is 1.39 bits per heavy atom. The molecule has 1 aromatic heterocycles. The molecule has 102 valence electrons. The van der Waals surface area contributed by atoms with Crippen molar-refractivity contribution in [3.8, 4) is 0 Å². The molecule has 0 saturated heterocycles. The maximum atomic E-state index is 11.6. The minimum Gasteiger partial charge on any atom is -0.352 e. The Morgan fingerprint density at radius 3 is 2.72 bits per heavy atom. The highest BCUT2D eigenvalue weighted by atomic mass is 16.2. The van der Waals surface area contributed by atoms with Crippen LogP contribution in [0.15, 0.2) is 18.5 Å². The fraction of sp³-hybridized carbons (Fsp3) is 0.643. The standard InChI is InChI=1S/C14H25N3O/c1-5-7-15-12(4)13-6-8-17(9-13)10-14(18)16-11(2)3/h6,8-9,11-12,15H,5,7,10H2,1-4H3,(H,16,18). The van der Waals surface area contributed by atoms with Crippen LogP contribution < -0.4 is 10.6 Å². The third-order valence-corrected chi connectivity index (χ3v) is 2.75. The lowest BCUT2D eigenvalue weighted by Crippen LogP contribution is -2.32. The van der Waals surface area contributed by atoms with Crippen molar-refractivity contribution in [1.82, 2.24) is 15.2 Å². The molecule has 0 aliphatic rings. The number of carbonyl (C=O) groups is 1. The fourth-order valence-corrected chi connectivity index (χ4v) is 1.83. The summed E-state index contributed by atoms with van der Waals surface area (Å²) in [7, 11) is 0. The predicted molar refractivity (Wildman–Crippen MR) is 74.4 cm³/mol. The number of carbonyl (C=O) groups excluding carboxylic acids is 1. The van der Waals surface area contributed by atoms with Crippen LogP contribution in [0.4, 0.5) is 0 Å². The average molecular weight is 251 g/mol. The molecule has 4 heteroatoms. The van der Waals surface area contributed by atoms with E-state index in [0.717, 1.165) is 13.0 Å². The van der Waals surface area contributed by atoms with Crippen LogP contribution >= 0.6 is 0 Å². The molecule has 0 spiro atoms. The van der Waals surface area contributed by atoms with Gasteiger partial charge in [-0.2, -0.15) is 0 Å². The molecule has 4 nitrogen and oxygen atoms in total. The Hall–Kier alpha value is -1.29. The zero-order valence-electron chi connectivity index (χ0n) is 11.9. The highest BCUT2D eigenvalue weighted by Gasteiger charge is 2.08. The summed E-state index contributed by atoms with van der Waals surface area (Å²) < 4.78 is 1.93. The van der Waals surface area contributed by atoms with Crippen molar-refractivity contribution in [3.05, 3.63) is 24.0 Å². The smallest absolute Gasteiger partial charge is 0.240 e. The summed E-state index contributed by atoms with van der Waals surface area (Å²) >= 11 is 0.